The predicted molar refractivity (Wildman–Crippen MR) is 96.0 cm³/mol. The van der Waals surface area contributed by atoms with E-state index >= 15 is 0 Å². The summed E-state index contributed by atoms with van der Waals surface area (Å²) in [6.07, 6.45) is 22.9. The molecule has 0 amide bonds. The molecule has 0 aromatic heterocycles. The Bertz CT molecular complexity index is 375. The molecule has 0 saturated carbocycles. The van der Waals surface area contributed by atoms with Gasteiger partial charge >= 0.3 is 0 Å². The molecule has 124 valence electrons. The first-order chi connectivity index (χ1) is 10.7. The summed E-state index contributed by atoms with van der Waals surface area (Å²) in [6, 6.07) is 0. The van der Waals surface area contributed by atoms with Gasteiger partial charge in [0.2, 0.25) is 0 Å². The number of carbonyl (C=O) groups is 1. The van der Waals surface area contributed by atoms with Crippen LogP contribution in [0.5, 0.6) is 0 Å². The molecule has 0 spiro atoms. The molecule has 1 atom stereocenters. The number of rotatable bonds is 13. The van der Waals surface area contributed by atoms with Crippen molar-refractivity contribution in [1.82, 2.24) is 0 Å². The third-order valence-corrected chi connectivity index (χ3v) is 3.15. The summed E-state index contributed by atoms with van der Waals surface area (Å²) in [4.78, 5) is 11.2. The van der Waals surface area contributed by atoms with Gasteiger partial charge in [-0.05, 0) is 45.4 Å². The maximum atomic E-state index is 11.2. The van der Waals surface area contributed by atoms with Crippen LogP contribution in [0.3, 0.4) is 0 Å². The number of ether oxygens (including phenoxy) is 1. The molecular formula is C20H32O2. The lowest BCUT2D eigenvalue weighted by atomic mass is 10.2. The largest absolute Gasteiger partial charge is 0.370 e. The normalized spacial score (nSPS) is 14.0. The third kappa shape index (κ3) is 13.6. The molecule has 0 heterocycles. The van der Waals surface area contributed by atoms with Crippen molar-refractivity contribution in [3.05, 3.63) is 48.6 Å². The number of carbonyl (C=O) groups excluding carboxylic acids is 1. The molecule has 22 heavy (non-hydrogen) atoms. The Morgan fingerprint density at radius 3 is 1.82 bits per heavy atom. The first-order valence-corrected chi connectivity index (χ1v) is 8.44. The van der Waals surface area contributed by atoms with Gasteiger partial charge in [-0.2, -0.15) is 0 Å². The van der Waals surface area contributed by atoms with Gasteiger partial charge in [-0.1, -0.05) is 62.5 Å². The topological polar surface area (TPSA) is 26.3 Å². The Morgan fingerprint density at radius 1 is 0.864 bits per heavy atom. The predicted octanol–water partition coefficient (Wildman–Crippen LogP) is 5.57. The standard InChI is InChI=1S/C20H32O2/c1-4-6-7-8-9-10-11-12-13-14-15-16-17-18-22-20(5-2)19(3)21/h6-7,9-10,12-13,15-16,20H,4-5,8,11,14,17-18H2,1-3H3/b7-6-,10-9-,13-12-,16-15-. The van der Waals surface area contributed by atoms with E-state index in [1.54, 1.807) is 6.92 Å². The summed E-state index contributed by atoms with van der Waals surface area (Å²) >= 11 is 0. The van der Waals surface area contributed by atoms with Crippen LogP contribution >= 0.6 is 0 Å². The molecule has 0 bridgehead atoms. The van der Waals surface area contributed by atoms with Crippen molar-refractivity contribution < 1.29 is 9.53 Å². The molecule has 2 heteroatoms. The molecule has 0 N–H and O–H groups in total. The molecule has 1 unspecified atom stereocenters. The van der Waals surface area contributed by atoms with Crippen molar-refractivity contribution in [3.63, 3.8) is 0 Å². The van der Waals surface area contributed by atoms with E-state index in [0.717, 1.165) is 38.5 Å². The summed E-state index contributed by atoms with van der Waals surface area (Å²) in [5, 5.41) is 0. The molecule has 0 fully saturated rings. The van der Waals surface area contributed by atoms with Gasteiger partial charge in [0.15, 0.2) is 5.78 Å². The van der Waals surface area contributed by atoms with Crippen LogP contribution in [0.2, 0.25) is 0 Å². The molecule has 0 aliphatic carbocycles. The number of hydrogen-bond acceptors (Lipinski definition) is 2. The SMILES string of the molecule is CC/C=C\C/C=C\C/C=C\C/C=C\CCOC(CC)C(C)=O. The van der Waals surface area contributed by atoms with Gasteiger partial charge in [0.1, 0.15) is 6.10 Å². The van der Waals surface area contributed by atoms with Crippen molar-refractivity contribution in [1.29, 1.82) is 0 Å². The highest BCUT2D eigenvalue weighted by atomic mass is 16.5. The maximum absolute atomic E-state index is 11.2. The van der Waals surface area contributed by atoms with E-state index in [9.17, 15) is 4.79 Å². The van der Waals surface area contributed by atoms with E-state index < -0.39 is 0 Å². The highest BCUT2D eigenvalue weighted by Gasteiger charge is 2.10. The molecule has 0 radical (unpaired) electrons. The zero-order valence-electron chi connectivity index (χ0n) is 14.5. The first-order valence-electron chi connectivity index (χ1n) is 8.44. The van der Waals surface area contributed by atoms with Crippen molar-refractivity contribution in [2.24, 2.45) is 0 Å². The van der Waals surface area contributed by atoms with E-state index in [-0.39, 0.29) is 11.9 Å². The third-order valence-electron chi connectivity index (χ3n) is 3.15. The number of hydrogen-bond donors (Lipinski definition) is 0. The van der Waals surface area contributed by atoms with E-state index in [1.165, 1.54) is 0 Å². The number of ketones is 1. The van der Waals surface area contributed by atoms with Gasteiger partial charge < -0.3 is 4.74 Å². The van der Waals surface area contributed by atoms with Crippen molar-refractivity contribution >= 4 is 5.78 Å². The smallest absolute Gasteiger partial charge is 0.158 e. The molecule has 2 nitrogen and oxygen atoms in total. The van der Waals surface area contributed by atoms with Crippen LogP contribution in [0.25, 0.3) is 0 Å². The van der Waals surface area contributed by atoms with Crippen LogP contribution in [-0.4, -0.2) is 18.5 Å². The van der Waals surface area contributed by atoms with Crippen LogP contribution in [0.1, 0.15) is 59.3 Å². The second-order valence-electron chi connectivity index (χ2n) is 5.17. The van der Waals surface area contributed by atoms with Crippen LogP contribution in [0.15, 0.2) is 48.6 Å². The van der Waals surface area contributed by atoms with Gasteiger partial charge in [-0.25, -0.2) is 0 Å². The van der Waals surface area contributed by atoms with Gasteiger partial charge in [-0.15, -0.1) is 0 Å². The summed E-state index contributed by atoms with van der Waals surface area (Å²) in [7, 11) is 0. The van der Waals surface area contributed by atoms with Crippen LogP contribution in [0, 0.1) is 0 Å². The minimum atomic E-state index is -0.229. The van der Waals surface area contributed by atoms with E-state index in [2.05, 4.69) is 55.5 Å². The van der Waals surface area contributed by atoms with E-state index in [0.29, 0.717) is 6.61 Å². The maximum Gasteiger partial charge on any atom is 0.158 e. The highest BCUT2D eigenvalue weighted by Crippen LogP contribution is 2.01. The van der Waals surface area contributed by atoms with Gasteiger partial charge in [0.05, 0.1) is 6.61 Å². The minimum Gasteiger partial charge on any atom is -0.370 e. The second-order valence-corrected chi connectivity index (χ2v) is 5.17. The van der Waals surface area contributed by atoms with Gasteiger partial charge in [-0.3, -0.25) is 4.79 Å². The second kappa shape index (κ2) is 16.0. The monoisotopic (exact) mass is 304 g/mol. The van der Waals surface area contributed by atoms with E-state index in [1.807, 2.05) is 6.92 Å². The highest BCUT2D eigenvalue weighted by molar-refractivity contribution is 5.80. The average molecular weight is 304 g/mol. The molecule has 0 aliphatic rings. The Morgan fingerprint density at radius 2 is 1.36 bits per heavy atom. The molecule has 0 aromatic carbocycles. The average Bonchev–Trinajstić information content (AvgIpc) is 2.51. The molecule has 0 aliphatic heterocycles. The van der Waals surface area contributed by atoms with Crippen molar-refractivity contribution in [2.45, 2.75) is 65.4 Å². The quantitative estimate of drug-likeness (QED) is 0.328. The lowest BCUT2D eigenvalue weighted by Gasteiger charge is -2.11. The van der Waals surface area contributed by atoms with Crippen molar-refractivity contribution in [2.75, 3.05) is 6.61 Å². The van der Waals surface area contributed by atoms with Crippen molar-refractivity contribution in [3.8, 4) is 0 Å². The fraction of sp³-hybridized carbons (Fsp3) is 0.550. The van der Waals surface area contributed by atoms with E-state index in [4.69, 9.17) is 4.74 Å². The van der Waals surface area contributed by atoms with Crippen LogP contribution < -0.4 is 0 Å². The molecule has 0 saturated heterocycles. The molecular weight excluding hydrogens is 272 g/mol. The number of allylic oxidation sites excluding steroid dienone is 7. The zero-order chi connectivity index (χ0) is 16.5. The molecule has 0 rings (SSSR count). The van der Waals surface area contributed by atoms with Crippen LogP contribution in [0.4, 0.5) is 0 Å². The number of Topliss-reactive ketones (excluding diaryl/α,β-unsaturated/α-hetero) is 1. The summed E-state index contributed by atoms with van der Waals surface area (Å²) < 4.78 is 5.52. The fourth-order valence-electron chi connectivity index (χ4n) is 1.90. The van der Waals surface area contributed by atoms with Gasteiger partial charge in [0, 0.05) is 0 Å². The zero-order valence-corrected chi connectivity index (χ0v) is 14.5. The summed E-state index contributed by atoms with van der Waals surface area (Å²) in [6.45, 7) is 6.32. The lowest BCUT2D eigenvalue weighted by molar-refractivity contribution is -0.128. The summed E-state index contributed by atoms with van der Waals surface area (Å²) in [5.41, 5.74) is 0. The van der Waals surface area contributed by atoms with Crippen LogP contribution in [-0.2, 0) is 9.53 Å². The Labute approximate surface area is 136 Å². The Hall–Kier alpha value is -1.41. The fourth-order valence-corrected chi connectivity index (χ4v) is 1.90. The molecule has 0 aromatic rings. The first kappa shape index (κ1) is 20.6. The lowest BCUT2D eigenvalue weighted by Crippen LogP contribution is -2.20. The Kier molecular flexibility index (Phi) is 14.9. The Balaban J connectivity index is 3.56. The minimum absolute atomic E-state index is 0.118. The van der Waals surface area contributed by atoms with Gasteiger partial charge in [0.25, 0.3) is 0 Å². The summed E-state index contributed by atoms with van der Waals surface area (Å²) in [5.74, 6) is 0.118.